The van der Waals surface area contributed by atoms with Crippen molar-refractivity contribution in [3.63, 3.8) is 0 Å². The van der Waals surface area contributed by atoms with Crippen LogP contribution in [0.1, 0.15) is 30.3 Å². The normalized spacial score (nSPS) is 11.3. The Bertz CT molecular complexity index is 579. The van der Waals surface area contributed by atoms with Gasteiger partial charge in [0.1, 0.15) is 5.01 Å². The summed E-state index contributed by atoms with van der Waals surface area (Å²) in [5.74, 6) is 0.413. The number of rotatable bonds is 4. The van der Waals surface area contributed by atoms with E-state index in [9.17, 15) is 0 Å². The molecule has 0 saturated heterocycles. The minimum Gasteiger partial charge on any atom is -0.315 e. The second-order valence-corrected chi connectivity index (χ2v) is 6.54. The van der Waals surface area contributed by atoms with Crippen LogP contribution in [0.2, 0.25) is 10.0 Å². The van der Waals surface area contributed by atoms with Crippen LogP contribution in [-0.4, -0.2) is 12.0 Å². The lowest BCUT2D eigenvalue weighted by atomic mass is 10.1. The van der Waals surface area contributed by atoms with Crippen molar-refractivity contribution in [3.05, 3.63) is 38.8 Å². The Morgan fingerprint density at radius 3 is 2.58 bits per heavy atom. The number of aromatic nitrogens is 1. The number of nitrogens with zero attached hydrogens (tertiary/aromatic N) is 1. The van der Waals surface area contributed by atoms with E-state index >= 15 is 0 Å². The van der Waals surface area contributed by atoms with Gasteiger partial charge in [0.2, 0.25) is 0 Å². The summed E-state index contributed by atoms with van der Waals surface area (Å²) in [6.45, 7) is 5.16. The Labute approximate surface area is 127 Å². The van der Waals surface area contributed by atoms with Crippen molar-refractivity contribution in [1.29, 1.82) is 0 Å². The van der Waals surface area contributed by atoms with Crippen LogP contribution in [0, 0.1) is 0 Å². The van der Waals surface area contributed by atoms with Gasteiger partial charge in [-0.05, 0) is 25.1 Å². The van der Waals surface area contributed by atoms with Crippen molar-refractivity contribution in [3.8, 4) is 10.6 Å². The maximum Gasteiger partial charge on any atom is 0.123 e. The number of hydrogen-bond donors (Lipinski definition) is 1. The number of thiazole rings is 1. The van der Waals surface area contributed by atoms with Crippen LogP contribution in [0.5, 0.6) is 0 Å². The molecule has 0 amide bonds. The van der Waals surface area contributed by atoms with E-state index < -0.39 is 0 Å². The maximum atomic E-state index is 6.07. The average Bonchev–Trinajstić information content (AvgIpc) is 2.77. The number of nitrogens with one attached hydrogen (secondary N) is 1. The molecular formula is C14H16Cl2N2S. The molecule has 0 bridgehead atoms. The van der Waals surface area contributed by atoms with Gasteiger partial charge in [0.25, 0.3) is 0 Å². The topological polar surface area (TPSA) is 24.9 Å². The first kappa shape index (κ1) is 14.8. The van der Waals surface area contributed by atoms with Crippen molar-refractivity contribution in [2.45, 2.75) is 26.3 Å². The third-order valence-corrected chi connectivity index (χ3v) is 4.64. The van der Waals surface area contributed by atoms with Gasteiger partial charge in [0.15, 0.2) is 0 Å². The minimum absolute atomic E-state index is 0.413. The summed E-state index contributed by atoms with van der Waals surface area (Å²) in [6.07, 6.45) is 0. The second-order valence-electron chi connectivity index (χ2n) is 4.64. The zero-order valence-electron chi connectivity index (χ0n) is 11.1. The zero-order chi connectivity index (χ0) is 14.0. The van der Waals surface area contributed by atoms with Crippen LogP contribution < -0.4 is 5.32 Å². The highest BCUT2D eigenvalue weighted by atomic mass is 35.5. The van der Waals surface area contributed by atoms with E-state index in [1.54, 1.807) is 11.3 Å². The molecule has 1 N–H and O–H groups in total. The third kappa shape index (κ3) is 3.29. The third-order valence-electron chi connectivity index (χ3n) is 2.78. The monoisotopic (exact) mass is 314 g/mol. The maximum absolute atomic E-state index is 6.07. The summed E-state index contributed by atoms with van der Waals surface area (Å²) in [5, 5.41) is 5.32. The summed E-state index contributed by atoms with van der Waals surface area (Å²) in [5.41, 5.74) is 2.17. The number of halogens is 2. The molecule has 1 aromatic carbocycles. The first-order valence-electron chi connectivity index (χ1n) is 6.12. The molecule has 2 aromatic rings. The Morgan fingerprint density at radius 2 is 2.00 bits per heavy atom. The molecule has 0 aliphatic rings. The molecular weight excluding hydrogens is 299 g/mol. The molecule has 0 fully saturated rings. The summed E-state index contributed by atoms with van der Waals surface area (Å²) in [4.78, 5) is 6.02. The van der Waals surface area contributed by atoms with Crippen LogP contribution in [-0.2, 0) is 6.54 Å². The minimum atomic E-state index is 0.413. The molecule has 2 nitrogen and oxygen atoms in total. The van der Waals surface area contributed by atoms with Crippen LogP contribution in [0.25, 0.3) is 10.6 Å². The smallest absolute Gasteiger partial charge is 0.123 e. The molecule has 5 heteroatoms. The van der Waals surface area contributed by atoms with Gasteiger partial charge in [-0.25, -0.2) is 4.98 Å². The molecule has 19 heavy (non-hydrogen) atoms. The summed E-state index contributed by atoms with van der Waals surface area (Å²) in [6, 6.07) is 5.64. The Kier molecular flexibility index (Phi) is 4.85. The predicted octanol–water partition coefficient (Wildman–Crippen LogP) is 4.96. The quantitative estimate of drug-likeness (QED) is 0.862. The van der Waals surface area contributed by atoms with E-state index in [0.29, 0.717) is 16.0 Å². The predicted molar refractivity (Wildman–Crippen MR) is 84.4 cm³/mol. The van der Waals surface area contributed by atoms with Crippen LogP contribution in [0.4, 0.5) is 0 Å². The van der Waals surface area contributed by atoms with Crippen LogP contribution >= 0.6 is 34.5 Å². The Balaban J connectivity index is 2.44. The SMILES string of the molecule is CNCc1sc(-c2ccc(Cl)c(Cl)c2)nc1C(C)C. The second kappa shape index (κ2) is 6.23. The van der Waals surface area contributed by atoms with Gasteiger partial charge in [0.05, 0.1) is 15.7 Å². The van der Waals surface area contributed by atoms with Crippen molar-refractivity contribution in [2.24, 2.45) is 0 Å². The molecule has 1 aromatic heterocycles. The molecule has 0 atom stereocenters. The van der Waals surface area contributed by atoms with Crippen LogP contribution in [0.3, 0.4) is 0 Å². The summed E-state index contributed by atoms with van der Waals surface area (Å²) < 4.78 is 0. The van der Waals surface area contributed by atoms with E-state index in [4.69, 9.17) is 28.2 Å². The Hall–Kier alpha value is -0.610. The molecule has 0 unspecified atom stereocenters. The van der Waals surface area contributed by atoms with Gasteiger partial charge in [-0.1, -0.05) is 43.1 Å². The molecule has 0 saturated carbocycles. The highest BCUT2D eigenvalue weighted by molar-refractivity contribution is 7.15. The Morgan fingerprint density at radius 1 is 1.26 bits per heavy atom. The van der Waals surface area contributed by atoms with Crippen LogP contribution in [0.15, 0.2) is 18.2 Å². The molecule has 2 rings (SSSR count). The lowest BCUT2D eigenvalue weighted by molar-refractivity contribution is 0.771. The molecule has 1 heterocycles. The fourth-order valence-corrected chi connectivity index (χ4v) is 3.38. The first-order valence-corrected chi connectivity index (χ1v) is 7.69. The number of benzene rings is 1. The molecule has 0 spiro atoms. The van der Waals surface area contributed by atoms with E-state index in [-0.39, 0.29) is 0 Å². The molecule has 102 valence electrons. The highest BCUT2D eigenvalue weighted by Gasteiger charge is 2.15. The van der Waals surface area contributed by atoms with E-state index in [1.807, 2.05) is 25.2 Å². The molecule has 0 radical (unpaired) electrons. The largest absolute Gasteiger partial charge is 0.315 e. The van der Waals surface area contributed by atoms with E-state index in [0.717, 1.165) is 22.8 Å². The number of hydrogen-bond acceptors (Lipinski definition) is 3. The van der Waals surface area contributed by atoms with Gasteiger partial charge in [-0.2, -0.15) is 0 Å². The first-order chi connectivity index (χ1) is 9.02. The summed E-state index contributed by atoms with van der Waals surface area (Å²) >= 11 is 13.7. The summed E-state index contributed by atoms with van der Waals surface area (Å²) in [7, 11) is 1.95. The average molecular weight is 315 g/mol. The molecule has 0 aliphatic heterocycles. The van der Waals surface area contributed by atoms with Gasteiger partial charge in [-0.15, -0.1) is 11.3 Å². The fourth-order valence-electron chi connectivity index (χ4n) is 1.85. The molecule has 0 aliphatic carbocycles. The lowest BCUT2D eigenvalue weighted by Crippen LogP contribution is -2.06. The van der Waals surface area contributed by atoms with Crippen molar-refractivity contribution in [2.75, 3.05) is 7.05 Å². The highest BCUT2D eigenvalue weighted by Crippen LogP contribution is 2.34. The fraction of sp³-hybridized carbons (Fsp3) is 0.357. The zero-order valence-corrected chi connectivity index (χ0v) is 13.5. The van der Waals surface area contributed by atoms with E-state index in [1.165, 1.54) is 4.88 Å². The van der Waals surface area contributed by atoms with Crippen molar-refractivity contribution in [1.82, 2.24) is 10.3 Å². The standard InChI is InChI=1S/C14H16Cl2N2S/c1-8(2)13-12(7-17-3)19-14(18-13)9-4-5-10(15)11(16)6-9/h4-6,8,17H,7H2,1-3H3. The van der Waals surface area contributed by atoms with Gasteiger partial charge in [0, 0.05) is 17.0 Å². The van der Waals surface area contributed by atoms with Gasteiger partial charge < -0.3 is 5.32 Å². The lowest BCUT2D eigenvalue weighted by Gasteiger charge is -2.03. The van der Waals surface area contributed by atoms with Gasteiger partial charge >= 0.3 is 0 Å². The van der Waals surface area contributed by atoms with Gasteiger partial charge in [-0.3, -0.25) is 0 Å². The van der Waals surface area contributed by atoms with Crippen molar-refractivity contribution >= 4 is 34.5 Å². The van der Waals surface area contributed by atoms with E-state index in [2.05, 4.69) is 19.2 Å². The van der Waals surface area contributed by atoms with Crippen molar-refractivity contribution < 1.29 is 0 Å².